The number of rotatable bonds is 5. The molecule has 0 N–H and O–H groups in total. The second kappa shape index (κ2) is 4.06. The van der Waals surface area contributed by atoms with Crippen molar-refractivity contribution < 1.29 is 12.6 Å². The van der Waals surface area contributed by atoms with E-state index < -0.39 is 10.1 Å². The van der Waals surface area contributed by atoms with Gasteiger partial charge in [0.05, 0.1) is 11.9 Å². The molecule has 0 aliphatic heterocycles. The Kier molecular flexibility index (Phi) is 3.51. The van der Waals surface area contributed by atoms with E-state index in [4.69, 9.17) is 4.18 Å². The van der Waals surface area contributed by atoms with E-state index in [1.165, 1.54) is 0 Å². The molecule has 0 aromatic heterocycles. The van der Waals surface area contributed by atoms with Crippen LogP contribution >= 0.6 is 0 Å². The maximum Gasteiger partial charge on any atom is 0.264 e. The Morgan fingerprint density at radius 3 is 2.13 bits per heavy atom. The summed E-state index contributed by atoms with van der Waals surface area (Å²) in [4.78, 5) is 0. The second-order valence-electron chi connectivity index (χ2n) is 5.88. The predicted octanol–water partition coefficient (Wildman–Crippen LogP) is 2.71. The zero-order valence-corrected chi connectivity index (χ0v) is 11.0. The normalized spacial score (nSPS) is 20.3. The fraction of sp³-hybridized carbons (Fsp3) is 1.00. The second-order valence-corrected chi connectivity index (χ2v) is 7.46. The van der Waals surface area contributed by atoms with Crippen molar-refractivity contribution in [2.75, 3.05) is 6.26 Å². The Balaban J connectivity index is 2.33. The third-order valence-electron chi connectivity index (χ3n) is 2.69. The largest absolute Gasteiger partial charge is 0.264 e. The van der Waals surface area contributed by atoms with E-state index in [0.717, 1.165) is 38.4 Å². The van der Waals surface area contributed by atoms with Crippen molar-refractivity contribution in [3.63, 3.8) is 0 Å². The van der Waals surface area contributed by atoms with Crippen LogP contribution in [-0.2, 0) is 14.3 Å². The van der Waals surface area contributed by atoms with Gasteiger partial charge in [0, 0.05) is 0 Å². The highest BCUT2D eigenvalue weighted by Gasteiger charge is 2.46. The van der Waals surface area contributed by atoms with Crippen molar-refractivity contribution in [1.82, 2.24) is 0 Å². The van der Waals surface area contributed by atoms with Gasteiger partial charge in [0.1, 0.15) is 0 Å². The summed E-state index contributed by atoms with van der Waals surface area (Å²) >= 11 is 0. The van der Waals surface area contributed by atoms with Crippen LogP contribution in [0.4, 0.5) is 0 Å². The summed E-state index contributed by atoms with van der Waals surface area (Å²) in [6.45, 7) is 6.60. The molecule has 1 aliphatic rings. The van der Waals surface area contributed by atoms with E-state index in [9.17, 15) is 8.42 Å². The summed E-state index contributed by atoms with van der Waals surface area (Å²) in [6.07, 6.45) is 5.95. The first kappa shape index (κ1) is 13.0. The molecule has 15 heavy (non-hydrogen) atoms. The molecule has 0 saturated heterocycles. The molecular weight excluding hydrogens is 212 g/mol. The minimum atomic E-state index is -3.29. The Bertz CT molecular complexity index is 307. The summed E-state index contributed by atoms with van der Waals surface area (Å²) < 4.78 is 27.2. The highest BCUT2D eigenvalue weighted by atomic mass is 32.2. The van der Waals surface area contributed by atoms with Gasteiger partial charge in [0.25, 0.3) is 10.1 Å². The van der Waals surface area contributed by atoms with Crippen molar-refractivity contribution in [3.8, 4) is 0 Å². The molecule has 1 fully saturated rings. The molecule has 1 saturated carbocycles. The standard InChI is InChI=1S/C11H22O3S/c1-10(2,3)6-5-7-11(8-9-11)14-15(4,12)13/h5-9H2,1-4H3. The fourth-order valence-corrected chi connectivity index (χ4v) is 2.67. The van der Waals surface area contributed by atoms with E-state index in [1.54, 1.807) is 0 Å². The highest BCUT2D eigenvalue weighted by molar-refractivity contribution is 7.86. The molecule has 0 radical (unpaired) electrons. The van der Waals surface area contributed by atoms with Gasteiger partial charge in [0.15, 0.2) is 0 Å². The Morgan fingerprint density at radius 2 is 1.80 bits per heavy atom. The predicted molar refractivity (Wildman–Crippen MR) is 61.2 cm³/mol. The van der Waals surface area contributed by atoms with Gasteiger partial charge in [-0.2, -0.15) is 8.42 Å². The van der Waals surface area contributed by atoms with Crippen molar-refractivity contribution in [2.45, 2.75) is 58.5 Å². The first-order chi connectivity index (χ1) is 6.62. The van der Waals surface area contributed by atoms with Crippen LogP contribution in [0.1, 0.15) is 52.9 Å². The average Bonchev–Trinajstić information content (AvgIpc) is 2.61. The van der Waals surface area contributed by atoms with E-state index >= 15 is 0 Å². The van der Waals surface area contributed by atoms with E-state index in [-0.39, 0.29) is 5.60 Å². The van der Waals surface area contributed by atoms with Crippen molar-refractivity contribution in [3.05, 3.63) is 0 Å². The van der Waals surface area contributed by atoms with Gasteiger partial charge >= 0.3 is 0 Å². The molecule has 1 aliphatic carbocycles. The fourth-order valence-electron chi connectivity index (χ4n) is 1.78. The summed E-state index contributed by atoms with van der Waals surface area (Å²) in [5, 5.41) is 0. The van der Waals surface area contributed by atoms with E-state index in [0.29, 0.717) is 5.41 Å². The molecule has 90 valence electrons. The average molecular weight is 234 g/mol. The minimum absolute atomic E-state index is 0.321. The number of hydrogen-bond acceptors (Lipinski definition) is 3. The summed E-state index contributed by atoms with van der Waals surface area (Å²) in [6, 6.07) is 0. The third kappa shape index (κ3) is 5.52. The monoisotopic (exact) mass is 234 g/mol. The maximum absolute atomic E-state index is 11.0. The lowest BCUT2D eigenvalue weighted by molar-refractivity contribution is 0.168. The third-order valence-corrected chi connectivity index (χ3v) is 3.35. The van der Waals surface area contributed by atoms with Crippen LogP contribution < -0.4 is 0 Å². The van der Waals surface area contributed by atoms with Crippen molar-refractivity contribution in [1.29, 1.82) is 0 Å². The van der Waals surface area contributed by atoms with Gasteiger partial charge in [-0.3, -0.25) is 4.18 Å². The van der Waals surface area contributed by atoms with E-state index in [1.807, 2.05) is 0 Å². The molecule has 1 rings (SSSR count). The van der Waals surface area contributed by atoms with Crippen LogP contribution in [0.2, 0.25) is 0 Å². The van der Waals surface area contributed by atoms with Crippen molar-refractivity contribution in [2.24, 2.45) is 5.41 Å². The van der Waals surface area contributed by atoms with Crippen LogP contribution in [0.15, 0.2) is 0 Å². The minimum Gasteiger partial charge on any atom is -0.264 e. The van der Waals surface area contributed by atoms with E-state index in [2.05, 4.69) is 20.8 Å². The topological polar surface area (TPSA) is 43.4 Å². The smallest absolute Gasteiger partial charge is 0.264 e. The van der Waals surface area contributed by atoms with Gasteiger partial charge in [0.2, 0.25) is 0 Å². The highest BCUT2D eigenvalue weighted by Crippen LogP contribution is 2.45. The molecule has 3 nitrogen and oxygen atoms in total. The van der Waals surface area contributed by atoms with Gasteiger partial charge in [-0.25, -0.2) is 0 Å². The summed E-state index contributed by atoms with van der Waals surface area (Å²) in [5.74, 6) is 0. The maximum atomic E-state index is 11.0. The lowest BCUT2D eigenvalue weighted by atomic mass is 9.89. The summed E-state index contributed by atoms with van der Waals surface area (Å²) in [5.41, 5.74) is -0.0139. The molecule has 4 heteroatoms. The molecule has 0 atom stereocenters. The van der Waals surface area contributed by atoms with Gasteiger partial charge < -0.3 is 0 Å². The van der Waals surface area contributed by atoms with Crippen LogP contribution in [0.5, 0.6) is 0 Å². The Hall–Kier alpha value is -0.0900. The quantitative estimate of drug-likeness (QED) is 0.687. The molecule has 0 bridgehead atoms. The molecule has 0 spiro atoms. The van der Waals surface area contributed by atoms with Crippen LogP contribution in [0.25, 0.3) is 0 Å². The molecule has 0 amide bonds. The molecule has 0 aromatic rings. The first-order valence-electron chi connectivity index (χ1n) is 5.53. The molecule has 0 unspecified atom stereocenters. The first-order valence-corrected chi connectivity index (χ1v) is 7.34. The summed E-state index contributed by atoms with van der Waals surface area (Å²) in [7, 11) is -3.29. The molecular formula is C11H22O3S. The van der Waals surface area contributed by atoms with Gasteiger partial charge in [-0.1, -0.05) is 27.2 Å². The molecule has 0 aromatic carbocycles. The van der Waals surface area contributed by atoms with Gasteiger partial charge in [-0.15, -0.1) is 0 Å². The zero-order chi connectivity index (χ0) is 11.7. The lowest BCUT2D eigenvalue weighted by Gasteiger charge is -2.20. The van der Waals surface area contributed by atoms with Crippen LogP contribution in [0, 0.1) is 5.41 Å². The SMILES string of the molecule is CC(C)(C)CCCC1(OS(C)(=O)=O)CC1. The van der Waals surface area contributed by atoms with Crippen LogP contribution in [0.3, 0.4) is 0 Å². The Labute approximate surface area is 93.3 Å². The molecule has 0 heterocycles. The van der Waals surface area contributed by atoms with Crippen LogP contribution in [-0.4, -0.2) is 20.3 Å². The lowest BCUT2D eigenvalue weighted by Crippen LogP contribution is -2.19. The Morgan fingerprint density at radius 1 is 1.27 bits per heavy atom. The zero-order valence-electron chi connectivity index (χ0n) is 10.2. The van der Waals surface area contributed by atoms with Gasteiger partial charge in [-0.05, 0) is 31.1 Å². The number of hydrogen-bond donors (Lipinski definition) is 0. The van der Waals surface area contributed by atoms with Crippen molar-refractivity contribution >= 4 is 10.1 Å².